The fourth-order valence-electron chi connectivity index (χ4n) is 6.28. The van der Waals surface area contributed by atoms with Crippen LogP contribution >= 0.6 is 0 Å². The van der Waals surface area contributed by atoms with Crippen LogP contribution in [0.25, 0.3) is 0 Å². The minimum atomic E-state index is -0.873. The topological polar surface area (TPSA) is 102 Å². The van der Waals surface area contributed by atoms with Crippen molar-refractivity contribution in [2.45, 2.75) is 65.0 Å². The molecule has 45 heavy (non-hydrogen) atoms. The van der Waals surface area contributed by atoms with Crippen molar-refractivity contribution in [3.63, 3.8) is 0 Å². The van der Waals surface area contributed by atoms with Crippen LogP contribution in [0.5, 0.6) is 0 Å². The van der Waals surface area contributed by atoms with Crippen LogP contribution in [0.15, 0.2) is 60.7 Å². The molecule has 10 heteroatoms. The Bertz CT molecular complexity index is 1240. The highest BCUT2D eigenvalue weighted by Crippen LogP contribution is 2.45. The smallest absolute Gasteiger partial charge is 0.327 e. The Kier molecular flexibility index (Phi) is 12.1. The molecule has 2 aliphatic heterocycles. The lowest BCUT2D eigenvalue weighted by molar-refractivity contribution is -0.212. The minimum Gasteiger partial charge on any atom is -0.347 e. The molecule has 0 aromatic heterocycles. The molecule has 5 amide bonds. The van der Waals surface area contributed by atoms with E-state index in [9.17, 15) is 19.2 Å². The summed E-state index contributed by atoms with van der Waals surface area (Å²) in [4.78, 5) is 60.9. The summed E-state index contributed by atoms with van der Waals surface area (Å²) < 4.78 is 6.07. The number of urea groups is 1. The number of benzene rings is 2. The summed E-state index contributed by atoms with van der Waals surface area (Å²) in [5.41, 5.74) is 0.863. The standard InChI is InChI=1S/C35H49N5O5/c1-5-8-15-20-39(31(42)30(27-16-11-9-12-17-27)28-18-13-10-14-19-28)26-36-34(44)40-32(43)35(6-2,7-3)33(40)45-25-29(41)38-23-21-37(4)22-24-38/h9-14,16-19,30,33H,5-8,15,20-26H2,1-4H3,(H,36,44). The number of β-lactam (4-membered cyclic amide) rings is 1. The molecule has 2 heterocycles. The maximum absolute atomic E-state index is 14.2. The molecule has 1 N–H and O–H groups in total. The number of likely N-dealkylation sites (N-methyl/N-ethyl adjacent to an activating group) is 1. The second-order valence-corrected chi connectivity index (χ2v) is 12.1. The van der Waals surface area contributed by atoms with Gasteiger partial charge in [0.25, 0.3) is 0 Å². The maximum Gasteiger partial charge on any atom is 0.327 e. The molecular weight excluding hydrogens is 570 g/mol. The molecule has 1 atom stereocenters. The van der Waals surface area contributed by atoms with Crippen LogP contribution in [0, 0.1) is 5.41 Å². The molecule has 0 spiro atoms. The molecule has 2 aliphatic rings. The van der Waals surface area contributed by atoms with E-state index in [1.54, 1.807) is 9.80 Å². The fraction of sp³-hybridized carbons (Fsp3) is 0.543. The van der Waals surface area contributed by atoms with Crippen molar-refractivity contribution in [1.29, 1.82) is 0 Å². The van der Waals surface area contributed by atoms with Crippen LogP contribution in [-0.4, -0.2) is 103 Å². The molecule has 0 bridgehead atoms. The van der Waals surface area contributed by atoms with Gasteiger partial charge in [-0.1, -0.05) is 94.3 Å². The van der Waals surface area contributed by atoms with Gasteiger partial charge in [-0.2, -0.15) is 0 Å². The van der Waals surface area contributed by atoms with Crippen LogP contribution < -0.4 is 5.32 Å². The monoisotopic (exact) mass is 619 g/mol. The van der Waals surface area contributed by atoms with E-state index in [0.29, 0.717) is 32.5 Å². The number of hydrogen-bond donors (Lipinski definition) is 1. The summed E-state index contributed by atoms with van der Waals surface area (Å²) in [6.45, 7) is 8.92. The first-order valence-electron chi connectivity index (χ1n) is 16.3. The Hall–Kier alpha value is -3.76. The van der Waals surface area contributed by atoms with E-state index < -0.39 is 23.6 Å². The van der Waals surface area contributed by atoms with Crippen LogP contribution in [0.2, 0.25) is 0 Å². The Morgan fingerprint density at radius 1 is 0.911 bits per heavy atom. The molecule has 2 aromatic carbocycles. The van der Waals surface area contributed by atoms with Gasteiger partial charge in [-0.25, -0.2) is 9.69 Å². The first kappa shape index (κ1) is 34.1. The van der Waals surface area contributed by atoms with E-state index in [1.807, 2.05) is 81.6 Å². The molecule has 4 rings (SSSR count). The second-order valence-electron chi connectivity index (χ2n) is 12.1. The number of ether oxygens (including phenoxy) is 1. The van der Waals surface area contributed by atoms with Gasteiger partial charge in [0, 0.05) is 32.7 Å². The third-order valence-electron chi connectivity index (χ3n) is 9.33. The molecule has 244 valence electrons. The number of nitrogens with zero attached hydrogens (tertiary/aromatic N) is 4. The van der Waals surface area contributed by atoms with Gasteiger partial charge in [0.2, 0.25) is 17.7 Å². The quantitative estimate of drug-likeness (QED) is 0.193. The number of likely N-dealkylation sites (tertiary alicyclic amines) is 1. The highest BCUT2D eigenvalue weighted by Gasteiger charge is 2.62. The summed E-state index contributed by atoms with van der Waals surface area (Å²) in [6, 6.07) is 18.6. The van der Waals surface area contributed by atoms with Crippen LogP contribution in [0.4, 0.5) is 4.79 Å². The maximum atomic E-state index is 14.2. The SMILES string of the molecule is CCCCCN(CNC(=O)N1C(=O)C(CC)(CC)C1OCC(=O)N1CCN(C)CC1)C(=O)C(c1ccccc1)c1ccccc1. The van der Waals surface area contributed by atoms with Gasteiger partial charge in [0.05, 0.1) is 18.0 Å². The van der Waals surface area contributed by atoms with Crippen molar-refractivity contribution >= 4 is 23.8 Å². The number of amides is 5. The average Bonchev–Trinajstić information content (AvgIpc) is 3.06. The molecule has 2 saturated heterocycles. The summed E-state index contributed by atoms with van der Waals surface area (Å²) in [5.74, 6) is -1.14. The summed E-state index contributed by atoms with van der Waals surface area (Å²) in [7, 11) is 2.02. The Balaban J connectivity index is 1.49. The second kappa shape index (κ2) is 16.0. The van der Waals surface area contributed by atoms with Crippen LogP contribution in [0.1, 0.15) is 69.9 Å². The van der Waals surface area contributed by atoms with Gasteiger partial charge < -0.3 is 24.8 Å². The van der Waals surface area contributed by atoms with Gasteiger partial charge >= 0.3 is 6.03 Å². The lowest BCUT2D eigenvalue weighted by Gasteiger charge is -2.53. The van der Waals surface area contributed by atoms with Crippen molar-refractivity contribution in [1.82, 2.24) is 24.9 Å². The number of unbranched alkanes of at least 4 members (excludes halogenated alkanes) is 2. The molecule has 10 nitrogen and oxygen atoms in total. The summed E-state index contributed by atoms with van der Waals surface area (Å²) in [5, 5.41) is 2.84. The number of rotatable bonds is 14. The molecule has 2 fully saturated rings. The fourth-order valence-corrected chi connectivity index (χ4v) is 6.28. The Labute approximate surface area is 267 Å². The van der Waals surface area contributed by atoms with Gasteiger partial charge in [-0.3, -0.25) is 14.4 Å². The number of piperazine rings is 1. The zero-order chi connectivity index (χ0) is 32.4. The third-order valence-corrected chi connectivity index (χ3v) is 9.33. The summed E-state index contributed by atoms with van der Waals surface area (Å²) in [6.07, 6.45) is 2.82. The zero-order valence-corrected chi connectivity index (χ0v) is 27.2. The number of carbonyl (C=O) groups excluding carboxylic acids is 4. The van der Waals surface area contributed by atoms with E-state index in [0.717, 1.165) is 48.4 Å². The van der Waals surface area contributed by atoms with Crippen LogP contribution in [0.3, 0.4) is 0 Å². The minimum absolute atomic E-state index is 0.0560. The van der Waals surface area contributed by atoms with Crippen LogP contribution in [-0.2, 0) is 19.1 Å². The predicted octanol–water partition coefficient (Wildman–Crippen LogP) is 4.27. The highest BCUT2D eigenvalue weighted by atomic mass is 16.5. The van der Waals surface area contributed by atoms with Gasteiger partial charge in [-0.15, -0.1) is 0 Å². The lowest BCUT2D eigenvalue weighted by atomic mass is 9.72. The van der Waals surface area contributed by atoms with Gasteiger partial charge in [0.15, 0.2) is 6.23 Å². The normalized spacial score (nSPS) is 18.1. The van der Waals surface area contributed by atoms with Gasteiger partial charge in [0.1, 0.15) is 6.61 Å². The Morgan fingerprint density at radius 3 is 2.02 bits per heavy atom. The highest BCUT2D eigenvalue weighted by molar-refractivity contribution is 6.03. The number of carbonyl (C=O) groups is 4. The Morgan fingerprint density at radius 2 is 1.49 bits per heavy atom. The molecule has 2 aromatic rings. The average molecular weight is 620 g/mol. The molecule has 1 unspecified atom stereocenters. The van der Waals surface area contributed by atoms with E-state index >= 15 is 0 Å². The number of hydrogen-bond acceptors (Lipinski definition) is 6. The van der Waals surface area contributed by atoms with E-state index in [2.05, 4.69) is 17.1 Å². The molecule has 0 aliphatic carbocycles. The van der Waals surface area contributed by atoms with Crippen molar-refractivity contribution in [3.05, 3.63) is 71.8 Å². The molecule has 0 radical (unpaired) electrons. The van der Waals surface area contributed by atoms with Crippen molar-refractivity contribution in [2.75, 3.05) is 53.0 Å². The molecular formula is C35H49N5O5. The third kappa shape index (κ3) is 7.73. The number of nitrogens with one attached hydrogen (secondary N) is 1. The lowest BCUT2D eigenvalue weighted by Crippen LogP contribution is -2.73. The molecule has 0 saturated carbocycles. The summed E-state index contributed by atoms with van der Waals surface area (Å²) >= 11 is 0. The largest absolute Gasteiger partial charge is 0.347 e. The first-order chi connectivity index (χ1) is 21.8. The van der Waals surface area contributed by atoms with Crippen molar-refractivity contribution in [2.24, 2.45) is 5.41 Å². The van der Waals surface area contributed by atoms with Gasteiger partial charge in [-0.05, 0) is 37.4 Å². The van der Waals surface area contributed by atoms with Crippen molar-refractivity contribution < 1.29 is 23.9 Å². The predicted molar refractivity (Wildman–Crippen MR) is 173 cm³/mol. The van der Waals surface area contributed by atoms with E-state index in [4.69, 9.17) is 4.74 Å². The number of imide groups is 1. The van der Waals surface area contributed by atoms with E-state index in [-0.39, 0.29) is 31.0 Å². The first-order valence-corrected chi connectivity index (χ1v) is 16.3. The van der Waals surface area contributed by atoms with E-state index in [1.165, 1.54) is 0 Å². The van der Waals surface area contributed by atoms with Crippen molar-refractivity contribution in [3.8, 4) is 0 Å². The zero-order valence-electron chi connectivity index (χ0n) is 27.2.